The number of hydrogen-bond donors (Lipinski definition) is 1. The second-order valence-corrected chi connectivity index (χ2v) is 5.43. The summed E-state index contributed by atoms with van der Waals surface area (Å²) in [6, 6.07) is 12.7. The molecular formula is C19H23NO4. The summed E-state index contributed by atoms with van der Waals surface area (Å²) in [5.74, 6) is 1.25. The van der Waals surface area contributed by atoms with Crippen molar-refractivity contribution in [2.24, 2.45) is 0 Å². The third-order valence-corrected chi connectivity index (χ3v) is 3.78. The van der Waals surface area contributed by atoms with Crippen molar-refractivity contribution in [2.75, 3.05) is 21.3 Å². The molecule has 0 saturated carbocycles. The van der Waals surface area contributed by atoms with Gasteiger partial charge in [-0.1, -0.05) is 12.1 Å². The maximum Gasteiger partial charge on any atom is 0.251 e. The highest BCUT2D eigenvalue weighted by molar-refractivity contribution is 5.94. The zero-order valence-corrected chi connectivity index (χ0v) is 14.5. The summed E-state index contributed by atoms with van der Waals surface area (Å²) in [7, 11) is 4.85. The van der Waals surface area contributed by atoms with Gasteiger partial charge in [0.25, 0.3) is 5.91 Å². The van der Waals surface area contributed by atoms with Gasteiger partial charge in [0.15, 0.2) is 0 Å². The van der Waals surface area contributed by atoms with Crippen LogP contribution in [0.4, 0.5) is 0 Å². The number of ether oxygens (including phenoxy) is 3. The zero-order chi connectivity index (χ0) is 17.5. The molecule has 2 aromatic rings. The summed E-state index contributed by atoms with van der Waals surface area (Å²) in [6.45, 7) is 2.45. The van der Waals surface area contributed by atoms with Crippen LogP contribution in [0.3, 0.4) is 0 Å². The van der Waals surface area contributed by atoms with E-state index in [1.165, 1.54) is 0 Å². The number of carbonyl (C=O) groups excluding carboxylic acids is 1. The van der Waals surface area contributed by atoms with Gasteiger partial charge in [0.2, 0.25) is 0 Å². The minimum Gasteiger partial charge on any atom is -0.497 e. The minimum absolute atomic E-state index is 0.135. The maximum absolute atomic E-state index is 12.4. The minimum atomic E-state index is -0.197. The number of benzene rings is 2. The van der Waals surface area contributed by atoms with E-state index in [0.29, 0.717) is 23.7 Å². The topological polar surface area (TPSA) is 56.8 Å². The molecule has 0 bridgehead atoms. The van der Waals surface area contributed by atoms with E-state index in [-0.39, 0.29) is 11.9 Å². The van der Waals surface area contributed by atoms with Crippen molar-refractivity contribution in [2.45, 2.75) is 19.6 Å². The molecule has 5 nitrogen and oxygen atoms in total. The number of hydrogen-bond acceptors (Lipinski definition) is 4. The van der Waals surface area contributed by atoms with Crippen LogP contribution in [-0.4, -0.2) is 27.2 Å². The fourth-order valence-electron chi connectivity index (χ4n) is 2.45. The molecule has 1 N–H and O–H groups in total. The van der Waals surface area contributed by atoms with Crippen LogP contribution in [0.25, 0.3) is 0 Å². The van der Waals surface area contributed by atoms with Gasteiger partial charge in [0.05, 0.1) is 26.9 Å². The largest absolute Gasteiger partial charge is 0.497 e. The first-order chi connectivity index (χ1) is 11.6. The van der Waals surface area contributed by atoms with Crippen LogP contribution in [0.15, 0.2) is 42.5 Å². The van der Waals surface area contributed by atoms with Crippen molar-refractivity contribution in [1.82, 2.24) is 5.32 Å². The first-order valence-corrected chi connectivity index (χ1v) is 7.69. The van der Waals surface area contributed by atoms with Gasteiger partial charge in [-0.2, -0.15) is 0 Å². The summed E-state index contributed by atoms with van der Waals surface area (Å²) < 4.78 is 15.7. The van der Waals surface area contributed by atoms with Crippen LogP contribution in [0.1, 0.15) is 34.5 Å². The lowest BCUT2D eigenvalue weighted by atomic mass is 10.1. The van der Waals surface area contributed by atoms with Gasteiger partial charge >= 0.3 is 0 Å². The highest BCUT2D eigenvalue weighted by atomic mass is 16.5. The second-order valence-electron chi connectivity index (χ2n) is 5.43. The Labute approximate surface area is 142 Å². The standard InChI is InChI=1S/C19H23NO4/c1-13(17-10-9-16(23-3)11-18(17)24-4)20-19(21)15-7-5-14(6-8-15)12-22-2/h5-11,13H,12H2,1-4H3,(H,20,21). The molecule has 0 aliphatic carbocycles. The number of amides is 1. The predicted molar refractivity (Wildman–Crippen MR) is 92.6 cm³/mol. The highest BCUT2D eigenvalue weighted by Crippen LogP contribution is 2.29. The Morgan fingerprint density at radius 1 is 1.04 bits per heavy atom. The van der Waals surface area contributed by atoms with Crippen molar-refractivity contribution in [3.63, 3.8) is 0 Å². The number of carbonyl (C=O) groups is 1. The van der Waals surface area contributed by atoms with E-state index in [4.69, 9.17) is 14.2 Å². The second kappa shape index (κ2) is 8.36. The maximum atomic E-state index is 12.4. The van der Waals surface area contributed by atoms with Gasteiger partial charge in [0.1, 0.15) is 11.5 Å². The Morgan fingerprint density at radius 3 is 2.33 bits per heavy atom. The van der Waals surface area contributed by atoms with Gasteiger partial charge < -0.3 is 19.5 Å². The fraction of sp³-hybridized carbons (Fsp3) is 0.316. The molecular weight excluding hydrogens is 306 g/mol. The van der Waals surface area contributed by atoms with Gasteiger partial charge in [-0.25, -0.2) is 0 Å². The van der Waals surface area contributed by atoms with Crippen molar-refractivity contribution in [3.05, 3.63) is 59.2 Å². The van der Waals surface area contributed by atoms with Crippen LogP contribution >= 0.6 is 0 Å². The molecule has 128 valence electrons. The average Bonchev–Trinajstić information content (AvgIpc) is 2.61. The molecule has 0 fully saturated rings. The molecule has 0 aliphatic rings. The average molecular weight is 329 g/mol. The van der Waals surface area contributed by atoms with Crippen molar-refractivity contribution < 1.29 is 19.0 Å². The van der Waals surface area contributed by atoms with Crippen LogP contribution in [0.2, 0.25) is 0 Å². The molecule has 0 spiro atoms. The molecule has 2 aromatic carbocycles. The van der Waals surface area contributed by atoms with E-state index in [9.17, 15) is 4.79 Å². The molecule has 0 radical (unpaired) electrons. The zero-order valence-electron chi connectivity index (χ0n) is 14.5. The molecule has 24 heavy (non-hydrogen) atoms. The summed E-state index contributed by atoms with van der Waals surface area (Å²) in [5, 5.41) is 2.99. The monoisotopic (exact) mass is 329 g/mol. The lowest BCUT2D eigenvalue weighted by Gasteiger charge is -2.18. The van der Waals surface area contributed by atoms with Crippen molar-refractivity contribution in [3.8, 4) is 11.5 Å². The molecule has 1 unspecified atom stereocenters. The van der Waals surface area contributed by atoms with E-state index in [1.807, 2.05) is 31.2 Å². The molecule has 5 heteroatoms. The van der Waals surface area contributed by atoms with E-state index in [1.54, 1.807) is 39.5 Å². The lowest BCUT2D eigenvalue weighted by Crippen LogP contribution is -2.26. The SMILES string of the molecule is COCc1ccc(C(=O)NC(C)c2ccc(OC)cc2OC)cc1. The summed E-state index contributed by atoms with van der Waals surface area (Å²) in [5.41, 5.74) is 2.52. The fourth-order valence-corrected chi connectivity index (χ4v) is 2.45. The van der Waals surface area contributed by atoms with Crippen LogP contribution in [0.5, 0.6) is 11.5 Å². The van der Waals surface area contributed by atoms with Gasteiger partial charge in [0, 0.05) is 24.3 Å². The number of nitrogens with one attached hydrogen (secondary N) is 1. The van der Waals surface area contributed by atoms with Crippen LogP contribution in [0, 0.1) is 0 Å². The Hall–Kier alpha value is -2.53. The van der Waals surface area contributed by atoms with Crippen LogP contribution < -0.4 is 14.8 Å². The predicted octanol–water partition coefficient (Wildman–Crippen LogP) is 3.34. The Bertz CT molecular complexity index is 682. The Balaban J connectivity index is 2.11. The Kier molecular flexibility index (Phi) is 6.21. The third-order valence-electron chi connectivity index (χ3n) is 3.78. The molecule has 1 atom stereocenters. The number of rotatable bonds is 7. The molecule has 0 aliphatic heterocycles. The van der Waals surface area contributed by atoms with Gasteiger partial charge in [-0.3, -0.25) is 4.79 Å². The normalized spacial score (nSPS) is 11.7. The van der Waals surface area contributed by atoms with E-state index in [2.05, 4.69) is 5.32 Å². The molecule has 0 heterocycles. The van der Waals surface area contributed by atoms with Crippen LogP contribution in [-0.2, 0) is 11.3 Å². The molecule has 2 rings (SSSR count). The van der Waals surface area contributed by atoms with E-state index >= 15 is 0 Å². The van der Waals surface area contributed by atoms with E-state index < -0.39 is 0 Å². The highest BCUT2D eigenvalue weighted by Gasteiger charge is 2.16. The molecule has 0 aromatic heterocycles. The summed E-state index contributed by atoms with van der Waals surface area (Å²) in [6.07, 6.45) is 0. The van der Waals surface area contributed by atoms with Gasteiger partial charge in [-0.15, -0.1) is 0 Å². The number of methoxy groups -OCH3 is 3. The van der Waals surface area contributed by atoms with Gasteiger partial charge in [-0.05, 0) is 36.8 Å². The smallest absolute Gasteiger partial charge is 0.251 e. The van der Waals surface area contributed by atoms with Crippen molar-refractivity contribution >= 4 is 5.91 Å². The summed E-state index contributed by atoms with van der Waals surface area (Å²) >= 11 is 0. The lowest BCUT2D eigenvalue weighted by molar-refractivity contribution is 0.0939. The third kappa shape index (κ3) is 4.26. The quantitative estimate of drug-likeness (QED) is 0.846. The first-order valence-electron chi connectivity index (χ1n) is 7.69. The Morgan fingerprint density at radius 2 is 1.75 bits per heavy atom. The van der Waals surface area contributed by atoms with E-state index in [0.717, 1.165) is 11.1 Å². The van der Waals surface area contributed by atoms with Crippen molar-refractivity contribution in [1.29, 1.82) is 0 Å². The molecule has 0 saturated heterocycles. The summed E-state index contributed by atoms with van der Waals surface area (Å²) in [4.78, 5) is 12.4. The first kappa shape index (κ1) is 17.8. The molecule has 1 amide bonds.